The van der Waals surface area contributed by atoms with Crippen LogP contribution in [-0.2, 0) is 0 Å². The molecule has 0 aromatic rings. The van der Waals surface area contributed by atoms with Crippen LogP contribution >= 0.6 is 11.8 Å². The van der Waals surface area contributed by atoms with E-state index in [1.807, 2.05) is 0 Å². The smallest absolute Gasteiger partial charge is 0.155 e. The minimum atomic E-state index is -0.143. The molecule has 1 heterocycles. The van der Waals surface area contributed by atoms with Crippen molar-refractivity contribution in [3.05, 3.63) is 0 Å². The fourth-order valence-corrected chi connectivity index (χ4v) is 4.37. The van der Waals surface area contributed by atoms with Gasteiger partial charge in [-0.3, -0.25) is 0 Å². The lowest BCUT2D eigenvalue weighted by Crippen LogP contribution is -2.52. The molecule has 3 N–H and O–H groups in total. The molecule has 2 aliphatic rings. The number of nitrogens with zero attached hydrogens (tertiary/aromatic N) is 2. The minimum Gasteiger partial charge on any atom is -0.409 e. The molecule has 1 aliphatic heterocycles. The fraction of sp³-hybridized carbons (Fsp3) is 0.929. The number of rotatable bonds is 3. The maximum absolute atomic E-state index is 8.97. The number of likely N-dealkylation sites (tertiary alicyclic amines) is 1. The molecule has 4 nitrogen and oxygen atoms in total. The van der Waals surface area contributed by atoms with E-state index < -0.39 is 0 Å². The molecular weight excluding hydrogens is 258 g/mol. The van der Waals surface area contributed by atoms with Crippen LogP contribution in [0.2, 0.25) is 0 Å². The molecule has 110 valence electrons. The third-order valence-corrected chi connectivity index (χ3v) is 6.31. The lowest BCUT2D eigenvalue weighted by Gasteiger charge is -2.42. The molecule has 0 bridgehead atoms. The quantitative estimate of drug-likeness (QED) is 0.275. The summed E-state index contributed by atoms with van der Waals surface area (Å²) in [6.45, 7) is 2.17. The van der Waals surface area contributed by atoms with E-state index in [1.165, 1.54) is 38.5 Å². The second-order valence-corrected chi connectivity index (χ2v) is 7.05. The first kappa shape index (κ1) is 15.0. The van der Waals surface area contributed by atoms with Gasteiger partial charge < -0.3 is 15.8 Å². The van der Waals surface area contributed by atoms with Crippen LogP contribution in [0, 0.1) is 0 Å². The average Bonchev–Trinajstić information content (AvgIpc) is 2.75. The normalized spacial score (nSPS) is 27.1. The van der Waals surface area contributed by atoms with E-state index in [0.29, 0.717) is 5.84 Å². The van der Waals surface area contributed by atoms with Gasteiger partial charge in [-0.1, -0.05) is 30.8 Å². The van der Waals surface area contributed by atoms with Crippen LogP contribution in [0.25, 0.3) is 0 Å². The van der Waals surface area contributed by atoms with Gasteiger partial charge in [0.2, 0.25) is 0 Å². The third kappa shape index (κ3) is 3.37. The van der Waals surface area contributed by atoms with Crippen LogP contribution in [0.1, 0.15) is 51.4 Å². The molecule has 0 unspecified atom stereocenters. The molecule has 0 spiro atoms. The first-order valence-electron chi connectivity index (χ1n) is 7.49. The van der Waals surface area contributed by atoms with Gasteiger partial charge in [0.1, 0.15) is 0 Å². The van der Waals surface area contributed by atoms with Crippen molar-refractivity contribution in [3.8, 4) is 0 Å². The van der Waals surface area contributed by atoms with E-state index in [1.54, 1.807) is 11.8 Å². The van der Waals surface area contributed by atoms with E-state index in [4.69, 9.17) is 10.9 Å². The molecule has 1 saturated carbocycles. The summed E-state index contributed by atoms with van der Waals surface area (Å²) >= 11 is 1.74. The van der Waals surface area contributed by atoms with Crippen molar-refractivity contribution in [3.63, 3.8) is 0 Å². The zero-order valence-corrected chi connectivity index (χ0v) is 12.8. The summed E-state index contributed by atoms with van der Waals surface area (Å²) in [4.78, 5) is 2.64. The number of piperidine rings is 1. The Hall–Kier alpha value is -0.420. The van der Waals surface area contributed by atoms with Gasteiger partial charge in [0, 0.05) is 19.1 Å². The second-order valence-electron chi connectivity index (χ2n) is 5.87. The van der Waals surface area contributed by atoms with Gasteiger partial charge in [0.15, 0.2) is 5.84 Å². The van der Waals surface area contributed by atoms with E-state index in [9.17, 15) is 0 Å². The minimum absolute atomic E-state index is 0.143. The number of oxime groups is 1. The zero-order valence-electron chi connectivity index (χ0n) is 12.0. The Labute approximate surface area is 120 Å². The van der Waals surface area contributed by atoms with E-state index >= 15 is 0 Å². The maximum Gasteiger partial charge on any atom is 0.155 e. The molecule has 1 aliphatic carbocycles. The summed E-state index contributed by atoms with van der Waals surface area (Å²) in [5.41, 5.74) is 5.90. The lowest BCUT2D eigenvalue weighted by atomic mass is 9.92. The second kappa shape index (κ2) is 6.84. The molecular formula is C14H27N3OS. The summed E-state index contributed by atoms with van der Waals surface area (Å²) < 4.78 is -0.143. The van der Waals surface area contributed by atoms with Gasteiger partial charge in [-0.05, 0) is 31.9 Å². The number of hydrogen-bond acceptors (Lipinski definition) is 4. The highest BCUT2D eigenvalue weighted by molar-refractivity contribution is 8.00. The Bertz CT molecular complexity index is 306. The van der Waals surface area contributed by atoms with Crippen molar-refractivity contribution >= 4 is 17.6 Å². The van der Waals surface area contributed by atoms with E-state index in [0.717, 1.165) is 32.0 Å². The molecule has 1 saturated heterocycles. The summed E-state index contributed by atoms with van der Waals surface area (Å²) in [5, 5.41) is 12.2. The van der Waals surface area contributed by atoms with Crippen LogP contribution in [0.3, 0.4) is 0 Å². The lowest BCUT2D eigenvalue weighted by molar-refractivity contribution is 0.143. The van der Waals surface area contributed by atoms with Gasteiger partial charge >= 0.3 is 0 Å². The monoisotopic (exact) mass is 285 g/mol. The van der Waals surface area contributed by atoms with Crippen LogP contribution in [-0.4, -0.2) is 46.1 Å². The van der Waals surface area contributed by atoms with E-state index in [-0.39, 0.29) is 4.75 Å². The van der Waals surface area contributed by atoms with Crippen LogP contribution in [0.4, 0.5) is 0 Å². The SMILES string of the molecule is CSC1(C(N)=NO)CCN(C2CCCCCC2)CC1. The molecule has 0 aromatic heterocycles. The highest BCUT2D eigenvalue weighted by atomic mass is 32.2. The Kier molecular flexibility index (Phi) is 5.39. The highest BCUT2D eigenvalue weighted by Gasteiger charge is 2.39. The summed E-state index contributed by atoms with van der Waals surface area (Å²) in [6.07, 6.45) is 12.4. The number of thioether (sulfide) groups is 1. The summed E-state index contributed by atoms with van der Waals surface area (Å²) in [5.74, 6) is 0.403. The van der Waals surface area contributed by atoms with Crippen LogP contribution < -0.4 is 5.73 Å². The fourth-order valence-electron chi connectivity index (χ4n) is 3.53. The molecule has 5 heteroatoms. The van der Waals surface area contributed by atoms with Gasteiger partial charge in [0.05, 0.1) is 4.75 Å². The van der Waals surface area contributed by atoms with Gasteiger partial charge in [-0.2, -0.15) is 11.8 Å². The Balaban J connectivity index is 1.93. The van der Waals surface area contributed by atoms with Crippen molar-refractivity contribution in [2.45, 2.75) is 62.2 Å². The number of nitrogens with two attached hydrogens (primary N) is 1. The summed E-state index contributed by atoms with van der Waals surface area (Å²) in [6, 6.07) is 0.773. The topological polar surface area (TPSA) is 61.9 Å². The number of amidine groups is 1. The van der Waals surface area contributed by atoms with Crippen molar-refractivity contribution in [1.29, 1.82) is 0 Å². The Morgan fingerprint density at radius 2 is 1.79 bits per heavy atom. The zero-order chi connectivity index (χ0) is 13.7. The largest absolute Gasteiger partial charge is 0.409 e. The third-order valence-electron chi connectivity index (χ3n) is 4.91. The molecule has 2 fully saturated rings. The maximum atomic E-state index is 8.97. The Morgan fingerprint density at radius 3 is 2.26 bits per heavy atom. The van der Waals surface area contributed by atoms with Gasteiger partial charge in [-0.25, -0.2) is 0 Å². The molecule has 0 radical (unpaired) electrons. The molecule has 0 atom stereocenters. The van der Waals surface area contributed by atoms with Gasteiger partial charge in [-0.15, -0.1) is 0 Å². The predicted octanol–water partition coefficient (Wildman–Crippen LogP) is 2.65. The van der Waals surface area contributed by atoms with Crippen molar-refractivity contribution in [2.75, 3.05) is 19.3 Å². The standard InChI is InChI=1S/C14H27N3OS/c1-19-14(13(15)16-18)8-10-17(11-9-14)12-6-4-2-3-5-7-12/h12,18H,2-11H2,1H3,(H2,15,16). The molecule has 0 amide bonds. The Morgan fingerprint density at radius 1 is 1.21 bits per heavy atom. The highest BCUT2D eigenvalue weighted by Crippen LogP contribution is 2.36. The molecule has 19 heavy (non-hydrogen) atoms. The van der Waals surface area contributed by atoms with Crippen molar-refractivity contribution in [1.82, 2.24) is 4.90 Å². The first-order valence-corrected chi connectivity index (χ1v) is 8.71. The summed E-state index contributed by atoms with van der Waals surface area (Å²) in [7, 11) is 0. The first-order chi connectivity index (χ1) is 9.22. The van der Waals surface area contributed by atoms with Gasteiger partial charge in [0.25, 0.3) is 0 Å². The molecule has 0 aromatic carbocycles. The van der Waals surface area contributed by atoms with Crippen molar-refractivity contribution < 1.29 is 5.21 Å². The predicted molar refractivity (Wildman–Crippen MR) is 82.0 cm³/mol. The number of hydrogen-bond donors (Lipinski definition) is 2. The van der Waals surface area contributed by atoms with E-state index in [2.05, 4.69) is 16.3 Å². The van der Waals surface area contributed by atoms with Crippen LogP contribution in [0.5, 0.6) is 0 Å². The molecule has 2 rings (SSSR count). The average molecular weight is 285 g/mol. The van der Waals surface area contributed by atoms with Crippen LogP contribution in [0.15, 0.2) is 5.16 Å². The van der Waals surface area contributed by atoms with Crippen molar-refractivity contribution in [2.24, 2.45) is 10.9 Å².